The molecule has 3 aromatic rings. The number of hydrogen-bond acceptors (Lipinski definition) is 3. The van der Waals surface area contributed by atoms with Crippen molar-refractivity contribution in [3.63, 3.8) is 0 Å². The highest BCUT2D eigenvalue weighted by Crippen LogP contribution is 2.28. The average molecular weight is 314 g/mol. The average Bonchev–Trinajstić information content (AvgIpc) is 2.44. The van der Waals surface area contributed by atoms with Crippen molar-refractivity contribution in [1.82, 2.24) is 9.97 Å². The molecule has 0 spiro atoms. The van der Waals surface area contributed by atoms with E-state index < -0.39 is 0 Å². The van der Waals surface area contributed by atoms with E-state index in [1.54, 1.807) is 12.4 Å². The third-order valence-electron chi connectivity index (χ3n) is 3.04. The van der Waals surface area contributed by atoms with Gasteiger partial charge in [0, 0.05) is 27.9 Å². The maximum atomic E-state index is 4.39. The van der Waals surface area contributed by atoms with Crippen molar-refractivity contribution in [3.05, 3.63) is 58.8 Å². The molecule has 0 radical (unpaired) electrons. The smallest absolute Gasteiger partial charge is 0.156 e. The van der Waals surface area contributed by atoms with Gasteiger partial charge in [-0.2, -0.15) is 0 Å². The maximum Gasteiger partial charge on any atom is 0.156 e. The number of pyridine rings is 2. The Morgan fingerprint density at radius 3 is 2.79 bits per heavy atom. The Balaban J connectivity index is 2.09. The summed E-state index contributed by atoms with van der Waals surface area (Å²) in [4.78, 5) is 8.78. The molecule has 2 aromatic heterocycles. The van der Waals surface area contributed by atoms with Gasteiger partial charge in [-0.3, -0.25) is 4.98 Å². The SMILES string of the molecule is Cc1c(Br)cccc1Nc1nccc2cccnc12. The largest absolute Gasteiger partial charge is 0.338 e. The van der Waals surface area contributed by atoms with Gasteiger partial charge >= 0.3 is 0 Å². The molecule has 2 heterocycles. The van der Waals surface area contributed by atoms with Crippen molar-refractivity contribution < 1.29 is 0 Å². The minimum atomic E-state index is 0.777. The zero-order chi connectivity index (χ0) is 13.2. The molecule has 3 rings (SSSR count). The van der Waals surface area contributed by atoms with E-state index in [4.69, 9.17) is 0 Å². The summed E-state index contributed by atoms with van der Waals surface area (Å²) < 4.78 is 1.07. The van der Waals surface area contributed by atoms with Crippen LogP contribution in [0.2, 0.25) is 0 Å². The Morgan fingerprint density at radius 1 is 1.00 bits per heavy atom. The predicted molar refractivity (Wildman–Crippen MR) is 81.7 cm³/mol. The lowest BCUT2D eigenvalue weighted by molar-refractivity contribution is 1.28. The van der Waals surface area contributed by atoms with E-state index >= 15 is 0 Å². The first-order valence-electron chi connectivity index (χ1n) is 5.97. The van der Waals surface area contributed by atoms with Gasteiger partial charge < -0.3 is 5.32 Å². The molecule has 3 nitrogen and oxygen atoms in total. The summed E-state index contributed by atoms with van der Waals surface area (Å²) in [6.07, 6.45) is 3.57. The topological polar surface area (TPSA) is 37.8 Å². The van der Waals surface area contributed by atoms with Gasteiger partial charge in [0.25, 0.3) is 0 Å². The van der Waals surface area contributed by atoms with Crippen LogP contribution in [0.15, 0.2) is 53.3 Å². The number of halogens is 1. The van der Waals surface area contributed by atoms with Gasteiger partial charge in [0.15, 0.2) is 5.82 Å². The van der Waals surface area contributed by atoms with E-state index in [2.05, 4.69) is 38.1 Å². The molecule has 0 aliphatic rings. The molecule has 4 heteroatoms. The van der Waals surface area contributed by atoms with Crippen LogP contribution < -0.4 is 5.32 Å². The van der Waals surface area contributed by atoms with Crippen LogP contribution in [0.3, 0.4) is 0 Å². The molecule has 0 bridgehead atoms. The van der Waals surface area contributed by atoms with Crippen LogP contribution in [-0.2, 0) is 0 Å². The molecule has 0 saturated heterocycles. The minimum absolute atomic E-state index is 0.777. The normalized spacial score (nSPS) is 10.6. The van der Waals surface area contributed by atoms with E-state index in [1.807, 2.05) is 36.4 Å². The van der Waals surface area contributed by atoms with Crippen LogP contribution in [0.1, 0.15) is 5.56 Å². The molecule has 0 aliphatic heterocycles. The standard InChI is InChI=1S/C15H12BrN3/c1-10-12(16)5-2-6-13(10)19-15-14-11(7-9-18-15)4-3-8-17-14/h2-9H,1H3,(H,18,19). The van der Waals surface area contributed by atoms with Gasteiger partial charge in [-0.1, -0.05) is 28.1 Å². The van der Waals surface area contributed by atoms with Crippen LogP contribution in [0, 0.1) is 6.92 Å². The van der Waals surface area contributed by atoms with Crippen molar-refractivity contribution in [3.8, 4) is 0 Å². The molecular formula is C15H12BrN3. The van der Waals surface area contributed by atoms with Gasteiger partial charge in [-0.25, -0.2) is 4.98 Å². The number of rotatable bonds is 2. The molecule has 94 valence electrons. The Kier molecular flexibility index (Phi) is 3.17. The van der Waals surface area contributed by atoms with Crippen LogP contribution in [0.5, 0.6) is 0 Å². The monoisotopic (exact) mass is 313 g/mol. The van der Waals surface area contributed by atoms with Crippen molar-refractivity contribution in [2.45, 2.75) is 6.92 Å². The molecule has 1 aromatic carbocycles. The Bertz CT molecular complexity index is 735. The van der Waals surface area contributed by atoms with Crippen molar-refractivity contribution >= 4 is 38.3 Å². The predicted octanol–water partition coefficient (Wildman–Crippen LogP) is 4.44. The summed E-state index contributed by atoms with van der Waals surface area (Å²) in [6.45, 7) is 2.06. The highest BCUT2D eigenvalue weighted by atomic mass is 79.9. The third-order valence-corrected chi connectivity index (χ3v) is 3.90. The number of nitrogens with zero attached hydrogens (tertiary/aromatic N) is 2. The Labute approximate surface area is 119 Å². The highest BCUT2D eigenvalue weighted by Gasteiger charge is 2.06. The molecular weight excluding hydrogens is 302 g/mol. The highest BCUT2D eigenvalue weighted by molar-refractivity contribution is 9.10. The van der Waals surface area contributed by atoms with E-state index in [0.29, 0.717) is 0 Å². The second kappa shape index (κ2) is 4.97. The van der Waals surface area contributed by atoms with Crippen LogP contribution in [0.4, 0.5) is 11.5 Å². The Morgan fingerprint density at radius 2 is 1.89 bits per heavy atom. The van der Waals surface area contributed by atoms with Gasteiger partial charge in [-0.05, 0) is 36.8 Å². The van der Waals surface area contributed by atoms with Gasteiger partial charge in [-0.15, -0.1) is 0 Å². The second-order valence-corrected chi connectivity index (χ2v) is 5.13. The fraction of sp³-hybridized carbons (Fsp3) is 0.0667. The number of hydrogen-bond donors (Lipinski definition) is 1. The van der Waals surface area contributed by atoms with Crippen LogP contribution in [0.25, 0.3) is 10.9 Å². The maximum absolute atomic E-state index is 4.39. The molecule has 0 saturated carbocycles. The Hall–Kier alpha value is -1.94. The van der Waals surface area contributed by atoms with Crippen molar-refractivity contribution in [1.29, 1.82) is 0 Å². The van der Waals surface area contributed by atoms with E-state index in [9.17, 15) is 0 Å². The van der Waals surface area contributed by atoms with Gasteiger partial charge in [0.2, 0.25) is 0 Å². The molecule has 1 N–H and O–H groups in total. The first kappa shape index (κ1) is 12.1. The number of benzene rings is 1. The summed E-state index contributed by atoms with van der Waals surface area (Å²) in [6, 6.07) is 12.0. The summed E-state index contributed by atoms with van der Waals surface area (Å²) in [7, 11) is 0. The summed E-state index contributed by atoms with van der Waals surface area (Å²) in [5.74, 6) is 0.777. The molecule has 0 amide bonds. The van der Waals surface area contributed by atoms with E-state index in [0.717, 1.165) is 32.4 Å². The first-order valence-corrected chi connectivity index (χ1v) is 6.77. The van der Waals surface area contributed by atoms with E-state index in [-0.39, 0.29) is 0 Å². The molecule has 0 aliphatic carbocycles. The van der Waals surface area contributed by atoms with Gasteiger partial charge in [0.05, 0.1) is 0 Å². The first-order chi connectivity index (χ1) is 9.25. The van der Waals surface area contributed by atoms with Gasteiger partial charge in [0.1, 0.15) is 5.52 Å². The second-order valence-electron chi connectivity index (χ2n) is 4.27. The summed E-state index contributed by atoms with van der Waals surface area (Å²) in [5, 5.41) is 4.43. The number of anilines is 2. The molecule has 19 heavy (non-hydrogen) atoms. The zero-order valence-electron chi connectivity index (χ0n) is 10.4. The minimum Gasteiger partial charge on any atom is -0.338 e. The van der Waals surface area contributed by atoms with E-state index in [1.165, 1.54) is 0 Å². The number of nitrogens with one attached hydrogen (secondary N) is 1. The molecule has 0 fully saturated rings. The molecule has 0 atom stereocenters. The summed E-state index contributed by atoms with van der Waals surface area (Å²) in [5.41, 5.74) is 3.06. The number of fused-ring (bicyclic) bond motifs is 1. The van der Waals surface area contributed by atoms with Crippen molar-refractivity contribution in [2.75, 3.05) is 5.32 Å². The van der Waals surface area contributed by atoms with Crippen LogP contribution >= 0.6 is 15.9 Å². The lowest BCUT2D eigenvalue weighted by atomic mass is 10.2. The summed E-state index contributed by atoms with van der Waals surface area (Å²) >= 11 is 3.53. The lowest BCUT2D eigenvalue weighted by Gasteiger charge is -2.11. The third kappa shape index (κ3) is 2.31. The quantitative estimate of drug-likeness (QED) is 0.759. The fourth-order valence-corrected chi connectivity index (χ4v) is 2.33. The molecule has 0 unspecified atom stereocenters. The zero-order valence-corrected chi connectivity index (χ0v) is 12.0. The van der Waals surface area contributed by atoms with Crippen LogP contribution in [-0.4, -0.2) is 9.97 Å². The fourth-order valence-electron chi connectivity index (χ4n) is 1.97. The van der Waals surface area contributed by atoms with Crippen molar-refractivity contribution in [2.24, 2.45) is 0 Å². The number of aromatic nitrogens is 2. The lowest BCUT2D eigenvalue weighted by Crippen LogP contribution is -1.97.